The predicted molar refractivity (Wildman–Crippen MR) is 65.8 cm³/mol. The van der Waals surface area contributed by atoms with Gasteiger partial charge in [-0.1, -0.05) is 13.0 Å². The molecule has 2 aromatic rings. The molecule has 84 valence electrons. The van der Waals surface area contributed by atoms with Crippen molar-refractivity contribution in [2.75, 3.05) is 24.8 Å². The van der Waals surface area contributed by atoms with Crippen LogP contribution in [0.4, 0.5) is 5.69 Å². The summed E-state index contributed by atoms with van der Waals surface area (Å²) in [6.45, 7) is 4.76. The predicted octanol–water partition coefficient (Wildman–Crippen LogP) is 2.52. The number of rotatable bonds is 2. The maximum absolute atomic E-state index is 5.42. The molecule has 1 aromatic heterocycles. The molecule has 16 heavy (non-hydrogen) atoms. The van der Waals surface area contributed by atoms with Gasteiger partial charge in [0.1, 0.15) is 6.73 Å². The maximum atomic E-state index is 5.42. The van der Waals surface area contributed by atoms with Gasteiger partial charge in [-0.15, -0.1) is 0 Å². The van der Waals surface area contributed by atoms with Crippen LogP contribution in [0.2, 0.25) is 0 Å². The molecule has 0 aliphatic carbocycles. The minimum absolute atomic E-state index is 0.721. The lowest BCUT2D eigenvalue weighted by Crippen LogP contribution is -2.20. The number of ether oxygens (including phenoxy) is 1. The highest BCUT2D eigenvalue weighted by Gasteiger charge is 2.17. The van der Waals surface area contributed by atoms with Crippen molar-refractivity contribution in [2.45, 2.75) is 13.3 Å². The molecule has 0 bridgehead atoms. The molecule has 1 saturated heterocycles. The Morgan fingerprint density at radius 2 is 2.31 bits per heavy atom. The zero-order valence-electron chi connectivity index (χ0n) is 9.49. The molecule has 0 amide bonds. The summed E-state index contributed by atoms with van der Waals surface area (Å²) in [5.74, 6) is 0. The number of aromatic amines is 1. The minimum Gasteiger partial charge on any atom is -0.361 e. The fourth-order valence-electron chi connectivity index (χ4n) is 2.44. The highest BCUT2D eigenvalue weighted by Crippen LogP contribution is 2.29. The smallest absolute Gasteiger partial charge is 0.119 e. The number of benzene rings is 1. The first-order valence-corrected chi connectivity index (χ1v) is 5.82. The molecule has 1 fully saturated rings. The van der Waals surface area contributed by atoms with Crippen LogP contribution in [0.3, 0.4) is 0 Å². The van der Waals surface area contributed by atoms with E-state index < -0.39 is 0 Å². The number of nitrogens with one attached hydrogen (secondary N) is 1. The molecule has 0 atom stereocenters. The van der Waals surface area contributed by atoms with Crippen LogP contribution < -0.4 is 4.90 Å². The van der Waals surface area contributed by atoms with Crippen LogP contribution in [-0.4, -0.2) is 24.9 Å². The van der Waals surface area contributed by atoms with Crippen LogP contribution in [0.15, 0.2) is 24.4 Å². The quantitative estimate of drug-likeness (QED) is 0.835. The van der Waals surface area contributed by atoms with Crippen LogP contribution in [0.5, 0.6) is 0 Å². The normalized spacial score (nSPS) is 16.2. The van der Waals surface area contributed by atoms with Gasteiger partial charge in [0.05, 0.1) is 12.1 Å². The number of H-pyrrole nitrogens is 1. The first-order chi connectivity index (χ1) is 7.90. The Morgan fingerprint density at radius 1 is 1.38 bits per heavy atom. The van der Waals surface area contributed by atoms with Crippen molar-refractivity contribution < 1.29 is 4.74 Å². The Morgan fingerprint density at radius 3 is 3.06 bits per heavy atom. The van der Waals surface area contributed by atoms with E-state index in [-0.39, 0.29) is 0 Å². The Hall–Kier alpha value is -1.48. The molecule has 3 rings (SSSR count). The van der Waals surface area contributed by atoms with E-state index in [0.717, 1.165) is 26.3 Å². The number of hydrogen-bond donors (Lipinski definition) is 1. The lowest BCUT2D eigenvalue weighted by molar-refractivity contribution is 0.201. The lowest BCUT2D eigenvalue weighted by Gasteiger charge is -2.19. The lowest BCUT2D eigenvalue weighted by atomic mass is 10.1. The van der Waals surface area contributed by atoms with E-state index in [2.05, 4.69) is 35.0 Å². The number of aryl methyl sites for hydroxylation is 1. The van der Waals surface area contributed by atoms with E-state index >= 15 is 0 Å². The molecule has 0 spiro atoms. The second kappa shape index (κ2) is 3.83. The number of nitrogens with zero attached hydrogens (tertiary/aromatic N) is 1. The average molecular weight is 216 g/mol. The first-order valence-electron chi connectivity index (χ1n) is 5.82. The molecule has 2 heterocycles. The zero-order chi connectivity index (χ0) is 11.0. The van der Waals surface area contributed by atoms with Gasteiger partial charge < -0.3 is 14.6 Å². The molecule has 1 N–H and O–H groups in total. The van der Waals surface area contributed by atoms with Crippen molar-refractivity contribution in [1.29, 1.82) is 0 Å². The van der Waals surface area contributed by atoms with Crippen molar-refractivity contribution in [3.8, 4) is 0 Å². The second-order valence-corrected chi connectivity index (χ2v) is 4.16. The van der Waals surface area contributed by atoms with Crippen LogP contribution in [0.25, 0.3) is 10.9 Å². The molecule has 0 radical (unpaired) electrons. The highest BCUT2D eigenvalue weighted by atomic mass is 16.5. The third-order valence-corrected chi connectivity index (χ3v) is 3.26. The van der Waals surface area contributed by atoms with Crippen LogP contribution in [-0.2, 0) is 11.2 Å². The van der Waals surface area contributed by atoms with Gasteiger partial charge >= 0.3 is 0 Å². The van der Waals surface area contributed by atoms with Gasteiger partial charge in [0.2, 0.25) is 0 Å². The Bertz CT molecular complexity index is 498. The van der Waals surface area contributed by atoms with Gasteiger partial charge in [-0.05, 0) is 29.5 Å². The van der Waals surface area contributed by atoms with Crippen molar-refractivity contribution >= 4 is 16.6 Å². The summed E-state index contributed by atoms with van der Waals surface area (Å²) in [5, 5.41) is 1.29. The summed E-state index contributed by atoms with van der Waals surface area (Å²) in [6.07, 6.45) is 3.05. The zero-order valence-corrected chi connectivity index (χ0v) is 9.49. The van der Waals surface area contributed by atoms with E-state index in [9.17, 15) is 0 Å². The molecule has 0 unspecified atom stereocenters. The van der Waals surface area contributed by atoms with E-state index in [0.29, 0.717) is 0 Å². The van der Waals surface area contributed by atoms with Gasteiger partial charge in [-0.3, -0.25) is 0 Å². The van der Waals surface area contributed by atoms with Crippen LogP contribution in [0.1, 0.15) is 12.5 Å². The molecule has 1 aromatic carbocycles. The third-order valence-electron chi connectivity index (χ3n) is 3.26. The standard InChI is InChI=1S/C13H16N2O/c1-2-11-12(15-7-8-16-9-15)4-3-10-5-6-14-13(10)11/h3-6,14H,2,7-9H2,1H3. The van der Waals surface area contributed by atoms with Crippen molar-refractivity contribution in [1.82, 2.24) is 4.98 Å². The van der Waals surface area contributed by atoms with E-state index in [1.807, 2.05) is 6.20 Å². The van der Waals surface area contributed by atoms with Crippen molar-refractivity contribution in [3.63, 3.8) is 0 Å². The summed E-state index contributed by atoms with van der Waals surface area (Å²) in [4.78, 5) is 5.64. The highest BCUT2D eigenvalue weighted by molar-refractivity contribution is 5.87. The molecule has 1 aliphatic heterocycles. The molecule has 3 nitrogen and oxygen atoms in total. The van der Waals surface area contributed by atoms with Gasteiger partial charge in [0.15, 0.2) is 0 Å². The number of aromatic nitrogens is 1. The topological polar surface area (TPSA) is 28.3 Å². The van der Waals surface area contributed by atoms with Gasteiger partial charge in [-0.2, -0.15) is 0 Å². The largest absolute Gasteiger partial charge is 0.361 e. The molecular weight excluding hydrogens is 200 g/mol. The van der Waals surface area contributed by atoms with Crippen molar-refractivity contribution in [2.24, 2.45) is 0 Å². The van der Waals surface area contributed by atoms with Gasteiger partial charge in [0.25, 0.3) is 0 Å². The Labute approximate surface area is 95.0 Å². The fourth-order valence-corrected chi connectivity index (χ4v) is 2.44. The number of hydrogen-bond acceptors (Lipinski definition) is 2. The fraction of sp³-hybridized carbons (Fsp3) is 0.385. The minimum atomic E-state index is 0.721. The third kappa shape index (κ3) is 1.39. The number of fused-ring (bicyclic) bond motifs is 1. The Balaban J connectivity index is 2.15. The molecule has 0 saturated carbocycles. The summed E-state index contributed by atoms with van der Waals surface area (Å²) in [7, 11) is 0. The summed E-state index contributed by atoms with van der Waals surface area (Å²) < 4.78 is 5.42. The van der Waals surface area contributed by atoms with E-state index in [1.54, 1.807) is 0 Å². The van der Waals surface area contributed by atoms with E-state index in [4.69, 9.17) is 4.74 Å². The van der Waals surface area contributed by atoms with Gasteiger partial charge in [-0.25, -0.2) is 0 Å². The molecule has 1 aliphatic rings. The van der Waals surface area contributed by atoms with Crippen LogP contribution >= 0.6 is 0 Å². The second-order valence-electron chi connectivity index (χ2n) is 4.16. The summed E-state index contributed by atoms with van der Waals surface area (Å²) >= 11 is 0. The SMILES string of the molecule is CCc1c(N2CCOC2)ccc2cc[nH]c12. The molecular formula is C13H16N2O. The summed E-state index contributed by atoms with van der Waals surface area (Å²) in [5.41, 5.74) is 3.98. The van der Waals surface area contributed by atoms with E-state index in [1.165, 1.54) is 22.2 Å². The van der Waals surface area contributed by atoms with Crippen LogP contribution in [0, 0.1) is 0 Å². The number of anilines is 1. The van der Waals surface area contributed by atoms with Crippen molar-refractivity contribution in [3.05, 3.63) is 30.0 Å². The first kappa shape index (κ1) is 9.73. The monoisotopic (exact) mass is 216 g/mol. The Kier molecular flexibility index (Phi) is 2.33. The average Bonchev–Trinajstić information content (AvgIpc) is 2.97. The van der Waals surface area contributed by atoms with Gasteiger partial charge in [0, 0.05) is 18.4 Å². The maximum Gasteiger partial charge on any atom is 0.119 e. The summed E-state index contributed by atoms with van der Waals surface area (Å²) in [6, 6.07) is 6.51. The molecule has 3 heteroatoms.